The van der Waals surface area contributed by atoms with E-state index < -0.39 is 6.09 Å². The van der Waals surface area contributed by atoms with Crippen molar-refractivity contribution in [2.75, 3.05) is 13.1 Å². The van der Waals surface area contributed by atoms with Crippen LogP contribution < -0.4 is 34.4 Å². The molecule has 1 aromatic rings. The van der Waals surface area contributed by atoms with Crippen molar-refractivity contribution in [3.8, 4) is 11.8 Å². The van der Waals surface area contributed by atoms with E-state index in [1.807, 2.05) is 6.07 Å². The molecule has 100 valence electrons. The van der Waals surface area contributed by atoms with Crippen LogP contribution in [0.2, 0.25) is 0 Å². The van der Waals surface area contributed by atoms with Crippen LogP contribution in [0.15, 0.2) is 29.4 Å². The Hall–Kier alpha value is -1.55. The van der Waals surface area contributed by atoms with Crippen molar-refractivity contribution < 1.29 is 45.7 Å². The third-order valence-corrected chi connectivity index (χ3v) is 2.87. The number of hydrogen-bond donors (Lipinski definition) is 1. The number of nitrogens with zero attached hydrogens (tertiary/aromatic N) is 3. The van der Waals surface area contributed by atoms with Gasteiger partial charge in [-0.2, -0.15) is 5.26 Å². The van der Waals surface area contributed by atoms with Gasteiger partial charge in [-0.05, 0) is 24.3 Å². The van der Waals surface area contributed by atoms with Gasteiger partial charge in [-0.15, -0.1) is 0 Å². The number of carboxylic acid groups (broad SMARTS) is 1. The molecule has 20 heavy (non-hydrogen) atoms. The van der Waals surface area contributed by atoms with Crippen LogP contribution in [0.5, 0.6) is 5.75 Å². The van der Waals surface area contributed by atoms with E-state index >= 15 is 0 Å². The van der Waals surface area contributed by atoms with Gasteiger partial charge in [-0.3, -0.25) is 0 Å². The summed E-state index contributed by atoms with van der Waals surface area (Å²) in [7, 11) is 0. The number of rotatable bonds is 2. The van der Waals surface area contributed by atoms with Gasteiger partial charge in [0.1, 0.15) is 0 Å². The summed E-state index contributed by atoms with van der Waals surface area (Å²) in [6.07, 6.45) is 0.276. The van der Waals surface area contributed by atoms with Gasteiger partial charge in [0, 0.05) is 25.9 Å². The van der Waals surface area contributed by atoms with E-state index in [2.05, 4.69) is 5.16 Å². The van der Waals surface area contributed by atoms with Crippen molar-refractivity contribution >= 4 is 11.8 Å². The van der Waals surface area contributed by atoms with Crippen molar-refractivity contribution in [3.63, 3.8) is 0 Å². The van der Waals surface area contributed by atoms with Crippen LogP contribution in [-0.4, -0.2) is 34.9 Å². The third-order valence-electron chi connectivity index (χ3n) is 2.87. The van der Waals surface area contributed by atoms with E-state index in [0.717, 1.165) is 5.71 Å². The van der Waals surface area contributed by atoms with Gasteiger partial charge in [0.15, 0.2) is 5.75 Å². The second kappa shape index (κ2) is 7.90. The first-order valence-corrected chi connectivity index (χ1v) is 5.90. The predicted octanol–water partition coefficient (Wildman–Crippen LogP) is -0.817. The zero-order valence-corrected chi connectivity index (χ0v) is 13.2. The fourth-order valence-electron chi connectivity index (χ4n) is 1.75. The molecule has 0 saturated carbocycles. The van der Waals surface area contributed by atoms with Gasteiger partial charge >= 0.3 is 35.7 Å². The van der Waals surface area contributed by atoms with Crippen molar-refractivity contribution in [2.24, 2.45) is 5.16 Å². The first-order chi connectivity index (χ1) is 9.19. The van der Waals surface area contributed by atoms with Gasteiger partial charge < -0.3 is 16.3 Å². The Morgan fingerprint density at radius 3 is 2.45 bits per heavy atom. The molecule has 0 unspecified atom stereocenters. The Bertz CT molecular complexity index is 533. The number of oxime groups is 1. The topological polar surface area (TPSA) is 85.9 Å². The summed E-state index contributed by atoms with van der Waals surface area (Å²) < 4.78 is 0. The van der Waals surface area contributed by atoms with Crippen LogP contribution in [0.3, 0.4) is 0 Å². The number of carbonyl (C=O) groups is 1. The first-order valence-electron chi connectivity index (χ1n) is 5.90. The van der Waals surface area contributed by atoms with Gasteiger partial charge in [0.25, 0.3) is 0 Å². The Balaban J connectivity index is 0.00000200. The average molecular weight is 283 g/mol. The van der Waals surface area contributed by atoms with Crippen molar-refractivity contribution in [1.29, 1.82) is 5.26 Å². The minimum atomic E-state index is -0.896. The predicted molar refractivity (Wildman–Crippen MR) is 69.2 cm³/mol. The Morgan fingerprint density at radius 2 is 1.95 bits per heavy atom. The van der Waals surface area contributed by atoms with Crippen LogP contribution >= 0.6 is 0 Å². The molecule has 1 amide bonds. The molecule has 0 aromatic heterocycles. The molecular weight excluding hydrogens is 269 g/mol. The fraction of sp³-hybridized carbons (Fsp3) is 0.308. The van der Waals surface area contributed by atoms with Crippen LogP contribution in [-0.2, 0) is 0 Å². The van der Waals surface area contributed by atoms with E-state index in [0.29, 0.717) is 37.2 Å². The molecule has 1 aliphatic rings. The Kier molecular flexibility index (Phi) is 6.52. The summed E-state index contributed by atoms with van der Waals surface area (Å²) in [5.74, 6) is 0.562. The van der Waals surface area contributed by atoms with E-state index in [4.69, 9.17) is 15.2 Å². The normalized spacial score (nSPS) is 13.9. The SMILES string of the molecule is N#Cc1ccc(ON=C2CCN(C(=O)O)CC2)cc1.[H-].[Na+]. The molecule has 0 radical (unpaired) electrons. The number of nitriles is 1. The monoisotopic (exact) mass is 283 g/mol. The van der Waals surface area contributed by atoms with Gasteiger partial charge in [-0.1, -0.05) is 5.16 Å². The number of piperidine rings is 1. The van der Waals surface area contributed by atoms with E-state index in [-0.39, 0.29) is 31.0 Å². The third kappa shape index (κ3) is 4.53. The second-order valence-electron chi connectivity index (χ2n) is 4.15. The Morgan fingerprint density at radius 1 is 1.35 bits per heavy atom. The van der Waals surface area contributed by atoms with E-state index in [1.54, 1.807) is 24.3 Å². The Labute approximate surface area is 140 Å². The van der Waals surface area contributed by atoms with Crippen LogP contribution in [0.25, 0.3) is 0 Å². The maximum atomic E-state index is 10.7. The summed E-state index contributed by atoms with van der Waals surface area (Å²) >= 11 is 0. The summed E-state index contributed by atoms with van der Waals surface area (Å²) in [6.45, 7) is 0.899. The zero-order chi connectivity index (χ0) is 13.7. The first kappa shape index (κ1) is 16.5. The molecule has 0 aliphatic carbocycles. The summed E-state index contributed by atoms with van der Waals surface area (Å²) in [5, 5.41) is 21.5. The minimum absolute atomic E-state index is 0. The molecule has 1 heterocycles. The fourth-order valence-corrected chi connectivity index (χ4v) is 1.75. The summed E-state index contributed by atoms with van der Waals surface area (Å²) in [6, 6.07) is 8.68. The molecule has 0 bridgehead atoms. The molecule has 7 heteroatoms. The maximum absolute atomic E-state index is 10.7. The second-order valence-corrected chi connectivity index (χ2v) is 4.15. The molecule has 1 aliphatic heterocycles. The van der Waals surface area contributed by atoms with Gasteiger partial charge in [0.2, 0.25) is 0 Å². The molecule has 1 fully saturated rings. The zero-order valence-electron chi connectivity index (χ0n) is 12.2. The maximum Gasteiger partial charge on any atom is 1.00 e. The molecule has 2 rings (SSSR count). The molecular formula is C13H14N3NaO3. The number of hydrogen-bond acceptors (Lipinski definition) is 4. The minimum Gasteiger partial charge on any atom is -1.00 e. The number of amides is 1. The van der Waals surface area contributed by atoms with Gasteiger partial charge in [0.05, 0.1) is 17.3 Å². The van der Waals surface area contributed by atoms with Crippen LogP contribution in [0.1, 0.15) is 19.8 Å². The average Bonchev–Trinajstić information content (AvgIpc) is 2.46. The van der Waals surface area contributed by atoms with E-state index in [1.165, 1.54) is 4.90 Å². The molecule has 1 aromatic carbocycles. The van der Waals surface area contributed by atoms with Crippen molar-refractivity contribution in [1.82, 2.24) is 4.90 Å². The van der Waals surface area contributed by atoms with Crippen LogP contribution in [0, 0.1) is 11.3 Å². The standard InChI is InChI=1S/C13H13N3O3.Na.H/c14-9-10-1-3-12(4-2-10)19-15-11-5-7-16(8-6-11)13(17)18;;/h1-4H,5-8H2,(H,17,18);;/q;+1;-1. The molecule has 0 atom stereocenters. The van der Waals surface area contributed by atoms with Crippen molar-refractivity contribution in [2.45, 2.75) is 12.8 Å². The number of benzene rings is 1. The molecule has 6 nitrogen and oxygen atoms in total. The molecule has 1 N–H and O–H groups in total. The summed E-state index contributed by atoms with van der Waals surface area (Å²) in [4.78, 5) is 17.3. The quantitative estimate of drug-likeness (QED) is 0.568. The smallest absolute Gasteiger partial charge is 1.00 e. The molecule has 0 spiro atoms. The summed E-state index contributed by atoms with van der Waals surface area (Å²) in [5.41, 5.74) is 1.41. The van der Waals surface area contributed by atoms with Crippen LogP contribution in [0.4, 0.5) is 4.79 Å². The largest absolute Gasteiger partial charge is 1.00 e. The molecule has 1 saturated heterocycles. The number of likely N-dealkylation sites (tertiary alicyclic amines) is 1. The van der Waals surface area contributed by atoms with Crippen molar-refractivity contribution in [3.05, 3.63) is 29.8 Å². The van der Waals surface area contributed by atoms with Gasteiger partial charge in [-0.25, -0.2) is 4.79 Å². The van der Waals surface area contributed by atoms with E-state index in [9.17, 15) is 4.79 Å².